The largest absolute Gasteiger partial charge is 0.488 e. The molecule has 70 valence electrons. The van der Waals surface area contributed by atoms with Gasteiger partial charge in [-0.3, -0.25) is 0 Å². The van der Waals surface area contributed by atoms with E-state index >= 15 is 0 Å². The van der Waals surface area contributed by atoms with Crippen LogP contribution >= 0.6 is 0 Å². The summed E-state index contributed by atoms with van der Waals surface area (Å²) in [7, 11) is -1.38. The van der Waals surface area contributed by atoms with Gasteiger partial charge in [0.1, 0.15) is 0 Å². The molecule has 0 bridgehead atoms. The average Bonchev–Trinajstić information content (AvgIpc) is 2.04. The Morgan fingerprint density at radius 2 is 1.85 bits per heavy atom. The standard InChI is InChI=1S/C9H14BNO2/c1-7(11)6-8-2-4-9(5-3-8)10(12)13/h2-5,7,12-13H,6,11H2,1H3. The van der Waals surface area contributed by atoms with Crippen molar-refractivity contribution in [1.29, 1.82) is 0 Å². The lowest BCUT2D eigenvalue weighted by atomic mass is 9.80. The van der Waals surface area contributed by atoms with E-state index < -0.39 is 7.12 Å². The molecule has 0 saturated heterocycles. The summed E-state index contributed by atoms with van der Waals surface area (Å²) < 4.78 is 0. The SMILES string of the molecule is CC(N)Cc1ccc(B(O)O)cc1. The highest BCUT2D eigenvalue weighted by molar-refractivity contribution is 6.58. The van der Waals surface area contributed by atoms with Crippen LogP contribution in [0.1, 0.15) is 12.5 Å². The van der Waals surface area contributed by atoms with Crippen molar-refractivity contribution >= 4 is 12.6 Å². The van der Waals surface area contributed by atoms with E-state index in [1.807, 2.05) is 19.1 Å². The van der Waals surface area contributed by atoms with Crippen LogP contribution in [0.3, 0.4) is 0 Å². The molecule has 0 radical (unpaired) electrons. The molecule has 1 aromatic carbocycles. The molecule has 4 N–H and O–H groups in total. The van der Waals surface area contributed by atoms with Crippen molar-refractivity contribution in [2.45, 2.75) is 19.4 Å². The molecule has 0 aliphatic carbocycles. The van der Waals surface area contributed by atoms with Crippen molar-refractivity contribution in [3.8, 4) is 0 Å². The van der Waals surface area contributed by atoms with Gasteiger partial charge in [0.05, 0.1) is 0 Å². The van der Waals surface area contributed by atoms with Crippen LogP contribution in [0.15, 0.2) is 24.3 Å². The first-order chi connectivity index (χ1) is 6.09. The predicted octanol–water partition coefficient (Wildman–Crippen LogP) is -0.744. The molecular weight excluding hydrogens is 165 g/mol. The van der Waals surface area contributed by atoms with Crippen LogP contribution in [-0.4, -0.2) is 23.2 Å². The Morgan fingerprint density at radius 1 is 1.31 bits per heavy atom. The summed E-state index contributed by atoms with van der Waals surface area (Å²) in [4.78, 5) is 0. The third-order valence-corrected chi connectivity index (χ3v) is 1.84. The van der Waals surface area contributed by atoms with E-state index in [1.54, 1.807) is 12.1 Å². The summed E-state index contributed by atoms with van der Waals surface area (Å²) in [5.41, 5.74) is 7.24. The van der Waals surface area contributed by atoms with E-state index in [1.165, 1.54) is 0 Å². The Kier molecular flexibility index (Phi) is 3.48. The highest BCUT2D eigenvalue weighted by Gasteiger charge is 2.09. The van der Waals surface area contributed by atoms with Crippen LogP contribution in [-0.2, 0) is 6.42 Å². The topological polar surface area (TPSA) is 66.5 Å². The first-order valence-corrected chi connectivity index (χ1v) is 4.30. The second-order valence-corrected chi connectivity index (χ2v) is 3.30. The normalized spacial score (nSPS) is 12.6. The summed E-state index contributed by atoms with van der Waals surface area (Å²) in [6.45, 7) is 1.94. The lowest BCUT2D eigenvalue weighted by Crippen LogP contribution is -2.29. The third-order valence-electron chi connectivity index (χ3n) is 1.84. The molecule has 3 nitrogen and oxygen atoms in total. The van der Waals surface area contributed by atoms with Crippen molar-refractivity contribution in [2.75, 3.05) is 0 Å². The van der Waals surface area contributed by atoms with E-state index in [9.17, 15) is 0 Å². The zero-order valence-corrected chi connectivity index (χ0v) is 7.64. The van der Waals surface area contributed by atoms with E-state index in [-0.39, 0.29) is 6.04 Å². The summed E-state index contributed by atoms with van der Waals surface area (Å²) >= 11 is 0. The molecular formula is C9H14BNO2. The predicted molar refractivity (Wildman–Crippen MR) is 53.6 cm³/mol. The molecule has 1 aromatic rings. The number of hydrogen-bond acceptors (Lipinski definition) is 3. The molecule has 1 unspecified atom stereocenters. The molecule has 0 heterocycles. The minimum Gasteiger partial charge on any atom is -0.423 e. The molecule has 13 heavy (non-hydrogen) atoms. The van der Waals surface area contributed by atoms with Gasteiger partial charge >= 0.3 is 7.12 Å². The van der Waals surface area contributed by atoms with Gasteiger partial charge in [0.15, 0.2) is 0 Å². The number of nitrogens with two attached hydrogens (primary N) is 1. The Morgan fingerprint density at radius 3 is 2.23 bits per heavy atom. The first kappa shape index (κ1) is 10.2. The minimum atomic E-state index is -1.38. The van der Waals surface area contributed by atoms with Crippen LogP contribution in [0.4, 0.5) is 0 Å². The van der Waals surface area contributed by atoms with E-state index in [0.29, 0.717) is 5.46 Å². The fourth-order valence-corrected chi connectivity index (χ4v) is 1.20. The highest BCUT2D eigenvalue weighted by Crippen LogP contribution is 2.00. The fraction of sp³-hybridized carbons (Fsp3) is 0.333. The van der Waals surface area contributed by atoms with Crippen molar-refractivity contribution in [3.63, 3.8) is 0 Å². The van der Waals surface area contributed by atoms with Gasteiger partial charge in [0, 0.05) is 6.04 Å². The van der Waals surface area contributed by atoms with Crippen LogP contribution in [0, 0.1) is 0 Å². The summed E-state index contributed by atoms with van der Waals surface area (Å²) in [5, 5.41) is 17.7. The molecule has 0 aliphatic heterocycles. The lowest BCUT2D eigenvalue weighted by Gasteiger charge is -2.05. The maximum Gasteiger partial charge on any atom is 0.488 e. The quantitative estimate of drug-likeness (QED) is 0.535. The first-order valence-electron chi connectivity index (χ1n) is 4.30. The Hall–Kier alpha value is -0.835. The minimum absolute atomic E-state index is 0.130. The van der Waals surface area contributed by atoms with Gasteiger partial charge in [-0.25, -0.2) is 0 Å². The van der Waals surface area contributed by atoms with Gasteiger partial charge in [-0.15, -0.1) is 0 Å². The van der Waals surface area contributed by atoms with Crippen LogP contribution in [0.5, 0.6) is 0 Å². The Balaban J connectivity index is 2.70. The number of benzene rings is 1. The van der Waals surface area contributed by atoms with Crippen molar-refractivity contribution < 1.29 is 10.0 Å². The summed E-state index contributed by atoms with van der Waals surface area (Å²) in [6.07, 6.45) is 0.807. The maximum atomic E-state index is 8.83. The zero-order chi connectivity index (χ0) is 9.84. The molecule has 1 rings (SSSR count). The molecule has 4 heteroatoms. The second-order valence-electron chi connectivity index (χ2n) is 3.30. The monoisotopic (exact) mass is 179 g/mol. The fourth-order valence-electron chi connectivity index (χ4n) is 1.20. The molecule has 0 spiro atoms. The molecule has 0 fully saturated rings. The van der Waals surface area contributed by atoms with Crippen LogP contribution in [0.2, 0.25) is 0 Å². The van der Waals surface area contributed by atoms with Gasteiger partial charge in [0.25, 0.3) is 0 Å². The third kappa shape index (κ3) is 3.18. The Bertz CT molecular complexity index is 259. The van der Waals surface area contributed by atoms with Gasteiger partial charge in [-0.05, 0) is 24.4 Å². The highest BCUT2D eigenvalue weighted by atomic mass is 16.4. The van der Waals surface area contributed by atoms with Crippen molar-refractivity contribution in [3.05, 3.63) is 29.8 Å². The molecule has 1 atom stereocenters. The molecule has 0 amide bonds. The van der Waals surface area contributed by atoms with Crippen molar-refractivity contribution in [1.82, 2.24) is 0 Å². The summed E-state index contributed by atoms with van der Waals surface area (Å²) in [6, 6.07) is 7.24. The van der Waals surface area contributed by atoms with Gasteiger partial charge < -0.3 is 15.8 Å². The van der Waals surface area contributed by atoms with E-state index in [4.69, 9.17) is 15.8 Å². The van der Waals surface area contributed by atoms with Gasteiger partial charge in [-0.2, -0.15) is 0 Å². The molecule has 0 aliphatic rings. The van der Waals surface area contributed by atoms with Gasteiger partial charge in [-0.1, -0.05) is 24.3 Å². The van der Waals surface area contributed by atoms with E-state index in [0.717, 1.165) is 12.0 Å². The van der Waals surface area contributed by atoms with Crippen LogP contribution in [0.25, 0.3) is 0 Å². The zero-order valence-electron chi connectivity index (χ0n) is 7.64. The number of rotatable bonds is 3. The van der Waals surface area contributed by atoms with Crippen molar-refractivity contribution in [2.24, 2.45) is 5.73 Å². The maximum absolute atomic E-state index is 8.83. The number of hydrogen-bond donors (Lipinski definition) is 3. The second kappa shape index (κ2) is 4.41. The lowest BCUT2D eigenvalue weighted by molar-refractivity contribution is 0.426. The van der Waals surface area contributed by atoms with E-state index in [2.05, 4.69) is 0 Å². The van der Waals surface area contributed by atoms with Crippen LogP contribution < -0.4 is 11.2 Å². The average molecular weight is 179 g/mol. The smallest absolute Gasteiger partial charge is 0.423 e. The summed E-state index contributed by atoms with van der Waals surface area (Å²) in [5.74, 6) is 0. The molecule has 0 saturated carbocycles. The Labute approximate surface area is 78.3 Å². The molecule has 0 aromatic heterocycles. The van der Waals surface area contributed by atoms with Gasteiger partial charge in [0.2, 0.25) is 0 Å².